The molecule has 2 amide bonds. The number of aliphatic hydroxyl groups is 1. The van der Waals surface area contributed by atoms with Gasteiger partial charge in [0.1, 0.15) is 23.9 Å². The minimum Gasteiger partial charge on any atom is -0.496 e. The molecule has 0 saturated heterocycles. The predicted octanol–water partition coefficient (Wildman–Crippen LogP) is 5.98. The van der Waals surface area contributed by atoms with Crippen LogP contribution in [0.3, 0.4) is 0 Å². The molecule has 42 heavy (non-hydrogen) atoms. The van der Waals surface area contributed by atoms with Gasteiger partial charge < -0.3 is 24.5 Å². The van der Waals surface area contributed by atoms with Crippen molar-refractivity contribution < 1.29 is 24.2 Å². The van der Waals surface area contributed by atoms with Crippen molar-refractivity contribution in [2.24, 2.45) is 0 Å². The SMILES string of the molecule is COc1cc(OCCO)ccc1-c1nc2c(n1C(C)C)[C@@]1(C(=O)Nc3cc(Cl)ccc31)N(c1cc(Cl)ccc1C)C2=O. The summed E-state index contributed by atoms with van der Waals surface area (Å²) in [7, 11) is 1.53. The van der Waals surface area contributed by atoms with Crippen molar-refractivity contribution in [3.05, 3.63) is 87.2 Å². The quantitative estimate of drug-likeness (QED) is 0.268. The lowest BCUT2D eigenvalue weighted by molar-refractivity contribution is -0.119. The highest BCUT2D eigenvalue weighted by molar-refractivity contribution is 6.32. The third-order valence-corrected chi connectivity index (χ3v) is 8.12. The summed E-state index contributed by atoms with van der Waals surface area (Å²) in [6, 6.07) is 15.4. The number of carbonyl (C=O) groups is 2. The summed E-state index contributed by atoms with van der Waals surface area (Å²) >= 11 is 12.8. The number of carbonyl (C=O) groups excluding carboxylic acids is 2. The fraction of sp³-hybridized carbons (Fsp3) is 0.258. The molecule has 2 aliphatic rings. The Kier molecular flexibility index (Phi) is 6.92. The number of nitrogens with zero attached hydrogens (tertiary/aromatic N) is 3. The van der Waals surface area contributed by atoms with Crippen LogP contribution in [0.25, 0.3) is 11.4 Å². The van der Waals surface area contributed by atoms with Crippen LogP contribution in [0.15, 0.2) is 54.6 Å². The van der Waals surface area contributed by atoms with Crippen LogP contribution < -0.4 is 19.7 Å². The fourth-order valence-corrected chi connectivity index (χ4v) is 6.27. The first kappa shape index (κ1) is 28.1. The normalized spacial score (nSPS) is 17.2. The van der Waals surface area contributed by atoms with Crippen LogP contribution in [0.4, 0.5) is 11.4 Å². The van der Waals surface area contributed by atoms with Crippen molar-refractivity contribution in [1.82, 2.24) is 9.55 Å². The molecule has 11 heteroatoms. The van der Waals surface area contributed by atoms with Crippen LogP contribution >= 0.6 is 23.2 Å². The van der Waals surface area contributed by atoms with Crippen molar-refractivity contribution in [2.45, 2.75) is 32.4 Å². The molecule has 0 unspecified atom stereocenters. The molecule has 6 rings (SSSR count). The Bertz CT molecular complexity index is 1770. The van der Waals surface area contributed by atoms with Crippen molar-refractivity contribution in [3.63, 3.8) is 0 Å². The zero-order chi connectivity index (χ0) is 29.9. The lowest BCUT2D eigenvalue weighted by Crippen LogP contribution is -2.51. The number of methoxy groups -OCH3 is 1. The molecule has 1 atom stereocenters. The monoisotopic (exact) mass is 606 g/mol. The predicted molar refractivity (Wildman–Crippen MR) is 161 cm³/mol. The van der Waals surface area contributed by atoms with E-state index in [4.69, 9.17) is 42.8 Å². The van der Waals surface area contributed by atoms with Crippen LogP contribution in [-0.4, -0.2) is 46.8 Å². The molecule has 1 aromatic heterocycles. The smallest absolute Gasteiger partial charge is 0.280 e. The van der Waals surface area contributed by atoms with Crippen molar-refractivity contribution >= 4 is 46.4 Å². The van der Waals surface area contributed by atoms with Gasteiger partial charge in [-0.2, -0.15) is 0 Å². The number of fused-ring (bicyclic) bond motifs is 4. The summed E-state index contributed by atoms with van der Waals surface area (Å²) in [6.07, 6.45) is 0. The topological polar surface area (TPSA) is 106 Å². The first-order valence-electron chi connectivity index (χ1n) is 13.4. The number of rotatable bonds is 7. The Morgan fingerprint density at radius 1 is 1.05 bits per heavy atom. The molecule has 216 valence electrons. The Labute approximate surface area is 252 Å². The van der Waals surface area contributed by atoms with Crippen molar-refractivity contribution in [3.8, 4) is 22.9 Å². The molecule has 3 heterocycles. The average molecular weight is 607 g/mol. The number of aliphatic hydroxyl groups excluding tert-OH is 1. The number of hydrogen-bond acceptors (Lipinski definition) is 6. The summed E-state index contributed by atoms with van der Waals surface area (Å²) in [5.74, 6) is 0.597. The molecule has 1 spiro atoms. The molecule has 0 fully saturated rings. The van der Waals surface area contributed by atoms with E-state index >= 15 is 0 Å². The van der Waals surface area contributed by atoms with Crippen LogP contribution in [0.5, 0.6) is 11.5 Å². The van der Waals surface area contributed by atoms with E-state index in [-0.39, 0.29) is 24.9 Å². The molecule has 0 bridgehead atoms. The van der Waals surface area contributed by atoms with Crippen LogP contribution in [0.1, 0.15) is 47.2 Å². The number of anilines is 2. The molecule has 4 aromatic rings. The maximum absolute atomic E-state index is 14.5. The second kappa shape index (κ2) is 10.3. The third-order valence-electron chi connectivity index (χ3n) is 7.65. The van der Waals surface area contributed by atoms with Crippen molar-refractivity contribution in [2.75, 3.05) is 30.5 Å². The maximum Gasteiger partial charge on any atom is 0.280 e. The Morgan fingerprint density at radius 3 is 2.50 bits per heavy atom. The zero-order valence-electron chi connectivity index (χ0n) is 23.4. The molecule has 2 N–H and O–H groups in total. The number of benzene rings is 3. The van der Waals surface area contributed by atoms with E-state index in [1.54, 1.807) is 48.5 Å². The Morgan fingerprint density at radius 2 is 1.79 bits per heavy atom. The first-order valence-corrected chi connectivity index (χ1v) is 14.2. The average Bonchev–Trinajstić information content (AvgIpc) is 3.57. The van der Waals surface area contributed by atoms with Gasteiger partial charge in [-0.15, -0.1) is 0 Å². The van der Waals surface area contributed by atoms with Gasteiger partial charge in [-0.05, 0) is 62.7 Å². The van der Waals surface area contributed by atoms with Crippen LogP contribution in [0, 0.1) is 6.92 Å². The summed E-state index contributed by atoms with van der Waals surface area (Å²) in [6.45, 7) is 5.81. The van der Waals surface area contributed by atoms with E-state index < -0.39 is 17.4 Å². The van der Waals surface area contributed by atoms with Crippen LogP contribution in [0.2, 0.25) is 10.0 Å². The van der Waals surface area contributed by atoms with Gasteiger partial charge in [0, 0.05) is 33.4 Å². The summed E-state index contributed by atoms with van der Waals surface area (Å²) in [5.41, 5.74) is 1.98. The number of ether oxygens (including phenoxy) is 2. The summed E-state index contributed by atoms with van der Waals surface area (Å²) in [5, 5.41) is 13.0. The van der Waals surface area contributed by atoms with Gasteiger partial charge >= 0.3 is 0 Å². The molecular formula is C31H28Cl2N4O5. The van der Waals surface area contributed by atoms with E-state index in [0.717, 1.165) is 5.56 Å². The highest BCUT2D eigenvalue weighted by atomic mass is 35.5. The van der Waals surface area contributed by atoms with Gasteiger partial charge in [0.25, 0.3) is 11.8 Å². The van der Waals surface area contributed by atoms with Gasteiger partial charge in [0.05, 0.1) is 30.7 Å². The number of imidazole rings is 1. The maximum atomic E-state index is 14.5. The first-order chi connectivity index (χ1) is 20.1. The highest BCUT2D eigenvalue weighted by Crippen LogP contribution is 2.55. The molecular weight excluding hydrogens is 579 g/mol. The van der Waals surface area contributed by atoms with Crippen LogP contribution in [-0.2, 0) is 10.3 Å². The summed E-state index contributed by atoms with van der Waals surface area (Å²) < 4.78 is 13.2. The van der Waals surface area contributed by atoms with Gasteiger partial charge in [0.15, 0.2) is 11.2 Å². The third kappa shape index (κ3) is 3.99. The van der Waals surface area contributed by atoms with E-state index in [9.17, 15) is 9.59 Å². The highest BCUT2D eigenvalue weighted by Gasteiger charge is 2.64. The molecule has 3 aromatic carbocycles. The molecule has 0 aliphatic carbocycles. The van der Waals surface area contributed by atoms with Crippen molar-refractivity contribution in [1.29, 1.82) is 0 Å². The molecule has 0 radical (unpaired) electrons. The lowest BCUT2D eigenvalue weighted by Gasteiger charge is -2.36. The number of halogens is 2. The minimum absolute atomic E-state index is 0.129. The van der Waals surface area contributed by atoms with Gasteiger partial charge in [-0.3, -0.25) is 14.5 Å². The Hall–Kier alpha value is -4.05. The number of aryl methyl sites for hydroxylation is 1. The molecule has 9 nitrogen and oxygen atoms in total. The zero-order valence-corrected chi connectivity index (χ0v) is 24.9. The lowest BCUT2D eigenvalue weighted by atomic mass is 9.86. The second-order valence-corrected chi connectivity index (χ2v) is 11.3. The van der Waals surface area contributed by atoms with E-state index in [1.807, 2.05) is 31.4 Å². The Balaban J connectivity index is 1.67. The summed E-state index contributed by atoms with van der Waals surface area (Å²) in [4.78, 5) is 35.3. The standard InChI is InChI=1S/C31H28Cl2N4O5/c1-16(2)36-27-26(35-28(36)21-9-8-20(42-12-11-38)15-25(21)41-4)29(39)37(24-14-19(33)6-5-17(24)3)31(27)22-10-7-18(32)13-23(22)34-30(31)40/h5-10,13-16,38H,11-12H2,1-4H3,(H,34,40)/t31-/m0/s1. The van der Waals surface area contributed by atoms with Gasteiger partial charge in [0.2, 0.25) is 0 Å². The van der Waals surface area contributed by atoms with E-state index in [1.165, 1.54) is 12.0 Å². The fourth-order valence-electron chi connectivity index (χ4n) is 5.94. The number of nitrogens with one attached hydrogen (secondary N) is 1. The molecule has 2 aliphatic heterocycles. The number of hydrogen-bond donors (Lipinski definition) is 2. The number of aromatic nitrogens is 2. The molecule has 0 saturated carbocycles. The van der Waals surface area contributed by atoms with Gasteiger partial charge in [-0.25, -0.2) is 4.98 Å². The second-order valence-electron chi connectivity index (χ2n) is 10.5. The van der Waals surface area contributed by atoms with Gasteiger partial charge in [-0.1, -0.05) is 35.3 Å². The largest absolute Gasteiger partial charge is 0.496 e. The van der Waals surface area contributed by atoms with E-state index in [0.29, 0.717) is 55.6 Å². The minimum atomic E-state index is -1.59. The number of amides is 2. The van der Waals surface area contributed by atoms with E-state index in [2.05, 4.69) is 5.32 Å².